The molecule has 1 aromatic heterocycles. The SMILES string of the molecule is Cc1ccc(C(C(C)N)N2CCCCCC2CO)s1. The Morgan fingerprint density at radius 3 is 2.79 bits per heavy atom. The third-order valence-corrected chi connectivity index (χ3v) is 5.11. The number of hydrogen-bond acceptors (Lipinski definition) is 4. The van der Waals surface area contributed by atoms with Crippen molar-refractivity contribution in [3.63, 3.8) is 0 Å². The fraction of sp³-hybridized carbons (Fsp3) is 0.733. The maximum atomic E-state index is 9.69. The normalized spacial score (nSPS) is 24.9. The van der Waals surface area contributed by atoms with Crippen molar-refractivity contribution in [2.24, 2.45) is 5.73 Å². The minimum absolute atomic E-state index is 0.0881. The number of aliphatic hydroxyl groups is 1. The zero-order valence-corrected chi connectivity index (χ0v) is 12.8. The van der Waals surface area contributed by atoms with Crippen LogP contribution in [0.3, 0.4) is 0 Å². The molecule has 0 aromatic carbocycles. The zero-order valence-electron chi connectivity index (χ0n) is 12.0. The zero-order chi connectivity index (χ0) is 13.8. The van der Waals surface area contributed by atoms with Gasteiger partial charge in [-0.3, -0.25) is 4.90 Å². The molecule has 2 rings (SSSR count). The highest BCUT2D eigenvalue weighted by atomic mass is 32.1. The van der Waals surface area contributed by atoms with Crippen molar-refractivity contribution in [2.75, 3.05) is 13.2 Å². The quantitative estimate of drug-likeness (QED) is 0.892. The standard InChI is InChI=1S/C15H26N2OS/c1-11-7-8-14(19-11)15(12(2)16)17-9-5-3-4-6-13(17)10-18/h7-8,12-13,15,18H,3-6,9-10,16H2,1-2H3. The molecule has 0 spiro atoms. The van der Waals surface area contributed by atoms with Crippen LogP contribution in [-0.2, 0) is 0 Å². The summed E-state index contributed by atoms with van der Waals surface area (Å²) in [6.45, 7) is 5.51. The molecular weight excluding hydrogens is 256 g/mol. The van der Waals surface area contributed by atoms with Crippen molar-refractivity contribution < 1.29 is 5.11 Å². The number of aryl methyl sites for hydroxylation is 1. The van der Waals surface area contributed by atoms with E-state index >= 15 is 0 Å². The Balaban J connectivity index is 2.25. The van der Waals surface area contributed by atoms with Gasteiger partial charge in [-0.1, -0.05) is 12.8 Å². The third kappa shape index (κ3) is 3.57. The van der Waals surface area contributed by atoms with Crippen molar-refractivity contribution in [1.82, 2.24) is 4.90 Å². The first kappa shape index (κ1) is 15.0. The highest BCUT2D eigenvalue weighted by Crippen LogP contribution is 2.33. The van der Waals surface area contributed by atoms with Crippen LogP contribution >= 0.6 is 11.3 Å². The molecule has 0 aliphatic carbocycles. The van der Waals surface area contributed by atoms with Gasteiger partial charge < -0.3 is 10.8 Å². The number of likely N-dealkylation sites (tertiary alicyclic amines) is 1. The molecule has 0 radical (unpaired) electrons. The van der Waals surface area contributed by atoms with Gasteiger partial charge >= 0.3 is 0 Å². The molecule has 1 aromatic rings. The van der Waals surface area contributed by atoms with Crippen LogP contribution in [0.1, 0.15) is 48.4 Å². The van der Waals surface area contributed by atoms with Crippen molar-refractivity contribution in [3.05, 3.63) is 21.9 Å². The number of hydrogen-bond donors (Lipinski definition) is 2. The second-order valence-corrected chi connectivity index (χ2v) is 7.00. The number of rotatable bonds is 4. The van der Waals surface area contributed by atoms with Crippen LogP contribution in [0.25, 0.3) is 0 Å². The lowest BCUT2D eigenvalue weighted by Crippen LogP contribution is -2.46. The van der Waals surface area contributed by atoms with Gasteiger partial charge in [0, 0.05) is 21.8 Å². The average Bonchev–Trinajstić information content (AvgIpc) is 2.65. The van der Waals surface area contributed by atoms with E-state index in [2.05, 4.69) is 30.9 Å². The molecule has 1 aliphatic rings. The van der Waals surface area contributed by atoms with Crippen molar-refractivity contribution in [3.8, 4) is 0 Å². The summed E-state index contributed by atoms with van der Waals surface area (Å²) < 4.78 is 0. The summed E-state index contributed by atoms with van der Waals surface area (Å²) in [6, 6.07) is 4.97. The molecule has 108 valence electrons. The Morgan fingerprint density at radius 2 is 2.21 bits per heavy atom. The van der Waals surface area contributed by atoms with Gasteiger partial charge in [-0.05, 0) is 45.4 Å². The Kier molecular flexibility index (Phi) is 5.39. The summed E-state index contributed by atoms with van der Waals surface area (Å²) in [4.78, 5) is 5.12. The minimum Gasteiger partial charge on any atom is -0.395 e. The molecule has 1 fully saturated rings. The van der Waals surface area contributed by atoms with Crippen molar-refractivity contribution in [2.45, 2.75) is 57.7 Å². The first-order valence-electron chi connectivity index (χ1n) is 7.32. The van der Waals surface area contributed by atoms with E-state index in [4.69, 9.17) is 5.73 Å². The van der Waals surface area contributed by atoms with Gasteiger partial charge in [0.05, 0.1) is 12.6 Å². The van der Waals surface area contributed by atoms with Gasteiger partial charge in [-0.15, -0.1) is 11.3 Å². The Bertz CT molecular complexity index is 391. The lowest BCUT2D eigenvalue weighted by molar-refractivity contribution is 0.0762. The smallest absolute Gasteiger partial charge is 0.0594 e. The van der Waals surface area contributed by atoms with Crippen molar-refractivity contribution in [1.29, 1.82) is 0 Å². The fourth-order valence-corrected chi connectivity index (χ4v) is 4.21. The van der Waals surface area contributed by atoms with E-state index in [9.17, 15) is 5.11 Å². The van der Waals surface area contributed by atoms with Gasteiger partial charge in [-0.2, -0.15) is 0 Å². The highest BCUT2D eigenvalue weighted by molar-refractivity contribution is 7.12. The van der Waals surface area contributed by atoms with Gasteiger partial charge in [0.25, 0.3) is 0 Å². The number of nitrogens with two attached hydrogens (primary N) is 1. The number of thiophene rings is 1. The summed E-state index contributed by atoms with van der Waals surface area (Å²) in [5.41, 5.74) is 6.26. The molecule has 3 nitrogen and oxygen atoms in total. The Morgan fingerprint density at radius 1 is 1.42 bits per heavy atom. The van der Waals surface area contributed by atoms with Crippen LogP contribution in [0, 0.1) is 6.92 Å². The first-order chi connectivity index (χ1) is 9.13. The molecule has 0 saturated carbocycles. The minimum atomic E-state index is 0.0881. The monoisotopic (exact) mass is 282 g/mol. The van der Waals surface area contributed by atoms with Crippen LogP contribution < -0.4 is 5.73 Å². The lowest BCUT2D eigenvalue weighted by atomic mass is 10.0. The van der Waals surface area contributed by atoms with E-state index in [-0.39, 0.29) is 24.7 Å². The molecule has 3 unspecified atom stereocenters. The highest BCUT2D eigenvalue weighted by Gasteiger charge is 2.31. The van der Waals surface area contributed by atoms with E-state index in [0.717, 1.165) is 13.0 Å². The van der Waals surface area contributed by atoms with Crippen LogP contribution in [0.5, 0.6) is 0 Å². The molecule has 0 amide bonds. The second-order valence-electron chi connectivity index (χ2n) is 5.68. The largest absolute Gasteiger partial charge is 0.395 e. The van der Waals surface area contributed by atoms with E-state index in [1.807, 2.05) is 11.3 Å². The van der Waals surface area contributed by atoms with E-state index in [1.54, 1.807) is 0 Å². The summed E-state index contributed by atoms with van der Waals surface area (Å²) >= 11 is 1.83. The molecule has 1 saturated heterocycles. The van der Waals surface area contributed by atoms with Gasteiger partial charge in [0.1, 0.15) is 0 Å². The van der Waals surface area contributed by atoms with Gasteiger partial charge in [0.2, 0.25) is 0 Å². The van der Waals surface area contributed by atoms with E-state index < -0.39 is 0 Å². The van der Waals surface area contributed by atoms with Crippen LogP contribution in [0.2, 0.25) is 0 Å². The van der Waals surface area contributed by atoms with E-state index in [0.29, 0.717) is 0 Å². The maximum absolute atomic E-state index is 9.69. The molecule has 4 heteroatoms. The summed E-state index contributed by atoms with van der Waals surface area (Å²) in [6.07, 6.45) is 4.78. The first-order valence-corrected chi connectivity index (χ1v) is 8.13. The number of aliphatic hydroxyl groups excluding tert-OH is 1. The number of nitrogens with zero attached hydrogens (tertiary/aromatic N) is 1. The second kappa shape index (κ2) is 6.84. The third-order valence-electron chi connectivity index (χ3n) is 4.04. The molecule has 0 bridgehead atoms. The van der Waals surface area contributed by atoms with Gasteiger partial charge in [0.15, 0.2) is 0 Å². The summed E-state index contributed by atoms with van der Waals surface area (Å²) in [5, 5.41) is 9.69. The summed E-state index contributed by atoms with van der Waals surface area (Å²) in [7, 11) is 0. The van der Waals surface area contributed by atoms with E-state index in [1.165, 1.54) is 29.0 Å². The average molecular weight is 282 g/mol. The van der Waals surface area contributed by atoms with Gasteiger partial charge in [-0.25, -0.2) is 0 Å². The fourth-order valence-electron chi connectivity index (χ4n) is 3.10. The Hall–Kier alpha value is -0.420. The predicted octanol–water partition coefficient (Wildman–Crippen LogP) is 2.68. The molecule has 1 aliphatic heterocycles. The molecule has 19 heavy (non-hydrogen) atoms. The van der Waals surface area contributed by atoms with Crippen LogP contribution in [0.15, 0.2) is 12.1 Å². The Labute approximate surface area is 120 Å². The summed E-state index contributed by atoms with van der Waals surface area (Å²) in [5.74, 6) is 0. The topological polar surface area (TPSA) is 49.5 Å². The lowest BCUT2D eigenvalue weighted by Gasteiger charge is -2.38. The van der Waals surface area contributed by atoms with Crippen molar-refractivity contribution >= 4 is 11.3 Å². The molecule has 3 N–H and O–H groups in total. The predicted molar refractivity (Wildman–Crippen MR) is 81.5 cm³/mol. The molecular formula is C15H26N2OS. The van der Waals surface area contributed by atoms with Crippen LogP contribution in [0.4, 0.5) is 0 Å². The molecule has 3 atom stereocenters. The maximum Gasteiger partial charge on any atom is 0.0594 e. The molecule has 2 heterocycles. The van der Waals surface area contributed by atoms with Crippen LogP contribution in [-0.4, -0.2) is 35.2 Å².